The third kappa shape index (κ3) is 2.91. The van der Waals surface area contributed by atoms with Gasteiger partial charge in [-0.25, -0.2) is 0 Å². The number of carbonyl (C=O) groups is 3. The predicted molar refractivity (Wildman–Crippen MR) is 83.6 cm³/mol. The molecule has 0 saturated heterocycles. The Bertz CT molecular complexity index is 797. The van der Waals surface area contributed by atoms with Crippen LogP contribution in [0.5, 0.6) is 5.75 Å². The van der Waals surface area contributed by atoms with Crippen molar-refractivity contribution in [2.75, 3.05) is 12.4 Å². The molecule has 0 unspecified atom stereocenters. The summed E-state index contributed by atoms with van der Waals surface area (Å²) in [7, 11) is 1.57. The fourth-order valence-corrected chi connectivity index (χ4v) is 2.45. The molecule has 0 aromatic heterocycles. The van der Waals surface area contributed by atoms with E-state index in [1.54, 1.807) is 49.6 Å². The highest BCUT2D eigenvalue weighted by Gasteiger charge is 2.29. The number of imide groups is 1. The molecule has 1 aliphatic rings. The zero-order chi connectivity index (χ0) is 16.4. The van der Waals surface area contributed by atoms with Crippen LogP contribution in [0.15, 0.2) is 42.5 Å². The van der Waals surface area contributed by atoms with E-state index in [9.17, 15) is 14.4 Å². The van der Waals surface area contributed by atoms with Crippen LogP contribution in [0.25, 0.3) is 0 Å². The first-order valence-corrected chi connectivity index (χ1v) is 7.00. The highest BCUT2D eigenvalue weighted by atomic mass is 16.5. The van der Waals surface area contributed by atoms with E-state index in [0.717, 1.165) is 5.56 Å². The molecule has 0 radical (unpaired) electrons. The van der Waals surface area contributed by atoms with Gasteiger partial charge >= 0.3 is 0 Å². The van der Waals surface area contributed by atoms with Crippen molar-refractivity contribution in [2.24, 2.45) is 0 Å². The van der Waals surface area contributed by atoms with E-state index in [-0.39, 0.29) is 23.5 Å². The number of nitrogens with one attached hydrogen (secondary N) is 2. The Morgan fingerprint density at radius 3 is 2.52 bits per heavy atom. The fraction of sp³-hybridized carbons (Fsp3) is 0.118. The lowest BCUT2D eigenvalue weighted by atomic mass is 10.1. The Hall–Kier alpha value is -3.15. The van der Waals surface area contributed by atoms with Crippen molar-refractivity contribution in [1.29, 1.82) is 0 Å². The van der Waals surface area contributed by atoms with Crippen LogP contribution in [0, 0.1) is 0 Å². The predicted octanol–water partition coefficient (Wildman–Crippen LogP) is 1.76. The van der Waals surface area contributed by atoms with Gasteiger partial charge in [-0.15, -0.1) is 0 Å². The Kier molecular flexibility index (Phi) is 3.80. The van der Waals surface area contributed by atoms with Gasteiger partial charge in [0.05, 0.1) is 30.3 Å². The van der Waals surface area contributed by atoms with Crippen LogP contribution in [0.4, 0.5) is 5.69 Å². The number of ether oxygens (including phenoxy) is 1. The molecule has 116 valence electrons. The average molecular weight is 310 g/mol. The van der Waals surface area contributed by atoms with E-state index >= 15 is 0 Å². The van der Waals surface area contributed by atoms with Crippen molar-refractivity contribution in [3.63, 3.8) is 0 Å². The summed E-state index contributed by atoms with van der Waals surface area (Å²) in [6, 6.07) is 11.9. The number of amides is 3. The zero-order valence-electron chi connectivity index (χ0n) is 12.4. The van der Waals surface area contributed by atoms with E-state index in [0.29, 0.717) is 11.4 Å². The maximum atomic E-state index is 12.2. The van der Waals surface area contributed by atoms with Crippen LogP contribution >= 0.6 is 0 Å². The highest BCUT2D eigenvalue weighted by molar-refractivity contribution is 6.24. The lowest BCUT2D eigenvalue weighted by molar-refractivity contribution is -0.115. The molecule has 2 aromatic rings. The van der Waals surface area contributed by atoms with Crippen molar-refractivity contribution in [1.82, 2.24) is 5.32 Å². The fourth-order valence-electron chi connectivity index (χ4n) is 2.45. The van der Waals surface area contributed by atoms with Crippen LogP contribution in [-0.2, 0) is 11.2 Å². The van der Waals surface area contributed by atoms with Crippen molar-refractivity contribution >= 4 is 23.4 Å². The summed E-state index contributed by atoms with van der Waals surface area (Å²) in [5, 5.41) is 4.90. The molecular formula is C17H14N2O4. The molecule has 0 saturated carbocycles. The monoisotopic (exact) mass is 310 g/mol. The topological polar surface area (TPSA) is 84.5 Å². The first-order chi connectivity index (χ1) is 11.1. The molecule has 6 nitrogen and oxygen atoms in total. The number of fused-ring (bicyclic) bond motifs is 1. The summed E-state index contributed by atoms with van der Waals surface area (Å²) in [4.78, 5) is 35.6. The van der Waals surface area contributed by atoms with E-state index in [4.69, 9.17) is 4.74 Å². The van der Waals surface area contributed by atoms with Crippen molar-refractivity contribution in [2.45, 2.75) is 6.42 Å². The number of hydrogen-bond donors (Lipinski definition) is 2. The molecule has 2 N–H and O–H groups in total. The minimum absolute atomic E-state index is 0.156. The number of benzene rings is 2. The SMILES string of the molecule is COc1ccc(CC(=O)Nc2cccc3c2C(=O)NC3=O)cc1. The summed E-state index contributed by atoms with van der Waals surface area (Å²) in [6.07, 6.45) is 0.156. The molecule has 2 aromatic carbocycles. The Morgan fingerprint density at radius 2 is 1.83 bits per heavy atom. The van der Waals surface area contributed by atoms with E-state index < -0.39 is 11.8 Å². The van der Waals surface area contributed by atoms with E-state index in [1.807, 2.05) is 0 Å². The van der Waals surface area contributed by atoms with Gasteiger partial charge in [-0.2, -0.15) is 0 Å². The minimum atomic E-state index is -0.495. The van der Waals surface area contributed by atoms with Crippen LogP contribution in [0.3, 0.4) is 0 Å². The van der Waals surface area contributed by atoms with Gasteiger partial charge in [0, 0.05) is 0 Å². The number of carbonyl (C=O) groups excluding carboxylic acids is 3. The second-order valence-electron chi connectivity index (χ2n) is 5.08. The quantitative estimate of drug-likeness (QED) is 0.843. The second-order valence-corrected chi connectivity index (χ2v) is 5.08. The number of hydrogen-bond acceptors (Lipinski definition) is 4. The van der Waals surface area contributed by atoms with E-state index in [1.165, 1.54) is 0 Å². The van der Waals surface area contributed by atoms with Crippen molar-refractivity contribution < 1.29 is 19.1 Å². The van der Waals surface area contributed by atoms with Gasteiger partial charge < -0.3 is 10.1 Å². The number of rotatable bonds is 4. The zero-order valence-corrected chi connectivity index (χ0v) is 12.4. The maximum Gasteiger partial charge on any atom is 0.261 e. The summed E-state index contributed by atoms with van der Waals surface area (Å²) < 4.78 is 5.07. The van der Waals surface area contributed by atoms with Crippen LogP contribution in [0.2, 0.25) is 0 Å². The largest absolute Gasteiger partial charge is 0.497 e. The summed E-state index contributed by atoms with van der Waals surface area (Å²) >= 11 is 0. The lowest BCUT2D eigenvalue weighted by Crippen LogP contribution is -2.21. The highest BCUT2D eigenvalue weighted by Crippen LogP contribution is 2.24. The van der Waals surface area contributed by atoms with E-state index in [2.05, 4.69) is 10.6 Å². The second kappa shape index (κ2) is 5.92. The molecule has 0 spiro atoms. The van der Waals surface area contributed by atoms with Crippen LogP contribution in [0.1, 0.15) is 26.3 Å². The van der Waals surface area contributed by atoms with Gasteiger partial charge in [0.2, 0.25) is 5.91 Å². The smallest absolute Gasteiger partial charge is 0.261 e. The van der Waals surface area contributed by atoms with Gasteiger partial charge in [0.1, 0.15) is 5.75 Å². The van der Waals surface area contributed by atoms with Gasteiger partial charge in [0.25, 0.3) is 11.8 Å². The molecule has 0 fully saturated rings. The van der Waals surface area contributed by atoms with Crippen molar-refractivity contribution in [3.8, 4) is 5.75 Å². The molecular weight excluding hydrogens is 296 g/mol. The molecule has 23 heavy (non-hydrogen) atoms. The molecule has 0 aliphatic carbocycles. The standard InChI is InChI=1S/C17H14N2O4/c1-23-11-7-5-10(6-8-11)9-14(20)18-13-4-2-3-12-15(13)17(22)19-16(12)21/h2-8H,9H2,1H3,(H,18,20)(H,19,21,22). The molecule has 3 rings (SSSR count). The summed E-state index contributed by atoms with van der Waals surface area (Å²) in [5.74, 6) is -0.498. The Labute approximate surface area is 132 Å². The molecule has 0 bridgehead atoms. The molecule has 1 heterocycles. The Morgan fingerprint density at radius 1 is 1.09 bits per heavy atom. The first-order valence-electron chi connectivity index (χ1n) is 7.00. The molecule has 6 heteroatoms. The summed E-state index contributed by atoms with van der Waals surface area (Å²) in [5.41, 5.74) is 1.64. The van der Waals surface area contributed by atoms with Crippen LogP contribution in [-0.4, -0.2) is 24.8 Å². The van der Waals surface area contributed by atoms with Gasteiger partial charge in [0.15, 0.2) is 0 Å². The number of methoxy groups -OCH3 is 1. The molecule has 0 atom stereocenters. The minimum Gasteiger partial charge on any atom is -0.497 e. The third-order valence-electron chi connectivity index (χ3n) is 3.56. The van der Waals surface area contributed by atoms with Gasteiger partial charge in [-0.3, -0.25) is 19.7 Å². The van der Waals surface area contributed by atoms with Crippen LogP contribution < -0.4 is 15.4 Å². The maximum absolute atomic E-state index is 12.2. The molecule has 1 aliphatic heterocycles. The Balaban J connectivity index is 1.76. The number of anilines is 1. The average Bonchev–Trinajstić information content (AvgIpc) is 2.84. The lowest BCUT2D eigenvalue weighted by Gasteiger charge is -2.08. The third-order valence-corrected chi connectivity index (χ3v) is 3.56. The molecule has 3 amide bonds. The van der Waals surface area contributed by atoms with Crippen molar-refractivity contribution in [3.05, 3.63) is 59.2 Å². The summed E-state index contributed by atoms with van der Waals surface area (Å²) in [6.45, 7) is 0. The first kappa shape index (κ1) is 14.8. The van der Waals surface area contributed by atoms with Gasteiger partial charge in [-0.05, 0) is 29.8 Å². The van der Waals surface area contributed by atoms with Gasteiger partial charge in [-0.1, -0.05) is 18.2 Å². The normalized spacial score (nSPS) is 12.6.